The van der Waals surface area contributed by atoms with Crippen LogP contribution in [0, 0.1) is 0 Å². The van der Waals surface area contributed by atoms with Crippen molar-refractivity contribution in [3.63, 3.8) is 0 Å². The molecule has 0 spiro atoms. The monoisotopic (exact) mass is 239 g/mol. The summed E-state index contributed by atoms with van der Waals surface area (Å²) in [6, 6.07) is 1.88. The van der Waals surface area contributed by atoms with Gasteiger partial charge in [0, 0.05) is 13.2 Å². The number of nitrogens with one attached hydrogen (secondary N) is 2. The first-order valence-corrected chi connectivity index (χ1v) is 5.00. The highest BCUT2D eigenvalue weighted by Gasteiger charge is 2.04. The third-order valence-corrected chi connectivity index (χ3v) is 2.40. The molecule has 6 nitrogen and oxygen atoms in total. The average molecular weight is 240 g/mol. The van der Waals surface area contributed by atoms with Crippen LogP contribution in [0.4, 0.5) is 5.69 Å². The molecule has 0 amide bonds. The largest absolute Gasteiger partial charge is 0.377 e. The van der Waals surface area contributed by atoms with Crippen molar-refractivity contribution in [3.05, 3.63) is 39.5 Å². The molecule has 0 aliphatic heterocycles. The third kappa shape index (κ3) is 2.22. The molecule has 0 atom stereocenters. The maximum absolute atomic E-state index is 11.1. The zero-order valence-corrected chi connectivity index (χ0v) is 9.32. The molecule has 16 heavy (non-hydrogen) atoms. The molecule has 0 saturated carbocycles. The zero-order chi connectivity index (χ0) is 11.5. The van der Waals surface area contributed by atoms with E-state index >= 15 is 0 Å². The van der Waals surface area contributed by atoms with Crippen LogP contribution in [0.5, 0.6) is 0 Å². The maximum Gasteiger partial charge on any atom is 0.285 e. The molecule has 84 valence electrons. The fourth-order valence-electron chi connectivity index (χ4n) is 1.25. The Labute approximate surface area is 96.2 Å². The van der Waals surface area contributed by atoms with Crippen LogP contribution in [-0.2, 0) is 13.6 Å². The van der Waals surface area contributed by atoms with Crippen LogP contribution < -0.4 is 10.9 Å². The topological polar surface area (TPSA) is 75.6 Å². The van der Waals surface area contributed by atoms with Crippen molar-refractivity contribution in [2.75, 3.05) is 5.32 Å². The van der Waals surface area contributed by atoms with Crippen LogP contribution in [0.15, 0.2) is 23.3 Å². The second-order valence-corrected chi connectivity index (χ2v) is 3.64. The molecule has 2 heterocycles. The van der Waals surface area contributed by atoms with Crippen molar-refractivity contribution in [3.8, 4) is 0 Å². The number of aromatic nitrogens is 4. The Morgan fingerprint density at radius 3 is 3.12 bits per heavy atom. The minimum absolute atomic E-state index is 0.103. The second-order valence-electron chi connectivity index (χ2n) is 3.26. The van der Waals surface area contributed by atoms with Gasteiger partial charge in [0.2, 0.25) is 0 Å². The Morgan fingerprint density at radius 1 is 1.62 bits per heavy atom. The first-order valence-electron chi connectivity index (χ1n) is 4.62. The summed E-state index contributed by atoms with van der Waals surface area (Å²) in [4.78, 5) is 11.1. The van der Waals surface area contributed by atoms with E-state index in [1.54, 1.807) is 4.68 Å². The molecule has 0 aromatic carbocycles. The Hall–Kier alpha value is -1.82. The van der Waals surface area contributed by atoms with Gasteiger partial charge in [-0.3, -0.25) is 9.48 Å². The Bertz CT molecular complexity index is 547. The van der Waals surface area contributed by atoms with Gasteiger partial charge < -0.3 is 5.32 Å². The van der Waals surface area contributed by atoms with Crippen LogP contribution in [0.3, 0.4) is 0 Å². The number of rotatable bonds is 3. The number of aromatic amines is 1. The van der Waals surface area contributed by atoms with Crippen LogP contribution in [0.1, 0.15) is 5.69 Å². The van der Waals surface area contributed by atoms with Gasteiger partial charge in [-0.2, -0.15) is 10.2 Å². The van der Waals surface area contributed by atoms with E-state index in [1.807, 2.05) is 19.3 Å². The van der Waals surface area contributed by atoms with E-state index < -0.39 is 5.56 Å². The highest BCUT2D eigenvalue weighted by atomic mass is 35.5. The van der Waals surface area contributed by atoms with Crippen molar-refractivity contribution in [1.82, 2.24) is 20.0 Å². The average Bonchev–Trinajstić information content (AvgIpc) is 2.67. The van der Waals surface area contributed by atoms with Crippen LogP contribution in [-0.4, -0.2) is 20.0 Å². The lowest BCUT2D eigenvalue weighted by Gasteiger charge is -2.04. The molecule has 0 bridgehead atoms. The summed E-state index contributed by atoms with van der Waals surface area (Å²) in [5.74, 6) is 0. The molecule has 0 fully saturated rings. The molecule has 0 unspecified atom stereocenters. The van der Waals surface area contributed by atoms with Crippen molar-refractivity contribution in [2.24, 2.45) is 7.05 Å². The lowest BCUT2D eigenvalue weighted by molar-refractivity contribution is 0.747. The number of halogens is 1. The van der Waals surface area contributed by atoms with Gasteiger partial charge in [0.1, 0.15) is 5.02 Å². The van der Waals surface area contributed by atoms with Crippen molar-refractivity contribution in [2.45, 2.75) is 6.54 Å². The van der Waals surface area contributed by atoms with Crippen LogP contribution in [0.25, 0.3) is 0 Å². The SMILES string of the molecule is Cn1ccc(CNc2cn[nH]c(=O)c2Cl)n1. The van der Waals surface area contributed by atoms with Crippen molar-refractivity contribution >= 4 is 17.3 Å². The summed E-state index contributed by atoms with van der Waals surface area (Å²) in [7, 11) is 1.84. The summed E-state index contributed by atoms with van der Waals surface area (Å²) < 4.78 is 1.70. The van der Waals surface area contributed by atoms with E-state index in [9.17, 15) is 4.79 Å². The number of anilines is 1. The lowest BCUT2D eigenvalue weighted by Crippen LogP contribution is -2.12. The summed E-state index contributed by atoms with van der Waals surface area (Å²) in [6.07, 6.45) is 3.31. The highest BCUT2D eigenvalue weighted by molar-refractivity contribution is 6.32. The Kier molecular flexibility index (Phi) is 2.91. The Balaban J connectivity index is 2.10. The van der Waals surface area contributed by atoms with Crippen LogP contribution >= 0.6 is 11.6 Å². The summed E-state index contributed by atoms with van der Waals surface area (Å²) in [5.41, 5.74) is 0.947. The normalized spacial score (nSPS) is 10.4. The van der Waals surface area contributed by atoms with Gasteiger partial charge in [0.05, 0.1) is 24.1 Å². The van der Waals surface area contributed by atoms with Gasteiger partial charge in [0.15, 0.2) is 0 Å². The lowest BCUT2D eigenvalue weighted by atomic mass is 10.4. The standard InChI is InChI=1S/C9H10ClN5O/c1-15-3-2-6(14-15)4-11-7-5-12-13-9(16)8(7)10/h2-3,5H,4H2,1H3,(H2,11,13,16). The predicted molar refractivity (Wildman–Crippen MR) is 60.4 cm³/mol. The van der Waals surface area contributed by atoms with Gasteiger partial charge in [-0.05, 0) is 6.07 Å². The zero-order valence-electron chi connectivity index (χ0n) is 8.57. The molecule has 0 aliphatic carbocycles. The van der Waals surface area contributed by atoms with E-state index in [1.165, 1.54) is 6.20 Å². The minimum Gasteiger partial charge on any atom is -0.377 e. The molecule has 0 aliphatic rings. The van der Waals surface area contributed by atoms with Gasteiger partial charge in [0.25, 0.3) is 5.56 Å². The summed E-state index contributed by atoms with van der Waals surface area (Å²) in [5, 5.41) is 13.2. The van der Waals surface area contributed by atoms with Gasteiger partial charge in [-0.25, -0.2) is 5.10 Å². The fourth-order valence-corrected chi connectivity index (χ4v) is 1.41. The van der Waals surface area contributed by atoms with Gasteiger partial charge in [-0.1, -0.05) is 11.6 Å². The molecular formula is C9H10ClN5O. The van der Waals surface area contributed by atoms with E-state index in [0.717, 1.165) is 5.69 Å². The quantitative estimate of drug-likeness (QED) is 0.830. The molecule has 2 rings (SSSR count). The predicted octanol–water partition coefficient (Wildman–Crippen LogP) is 0.769. The van der Waals surface area contributed by atoms with Crippen LogP contribution in [0.2, 0.25) is 5.02 Å². The summed E-state index contributed by atoms with van der Waals surface area (Å²) in [6.45, 7) is 0.492. The van der Waals surface area contributed by atoms with E-state index in [2.05, 4.69) is 20.6 Å². The van der Waals surface area contributed by atoms with Gasteiger partial charge >= 0.3 is 0 Å². The molecule has 0 saturated heterocycles. The van der Waals surface area contributed by atoms with Crippen molar-refractivity contribution < 1.29 is 0 Å². The number of hydrogen-bond donors (Lipinski definition) is 2. The second kappa shape index (κ2) is 4.36. The molecule has 0 radical (unpaired) electrons. The van der Waals surface area contributed by atoms with E-state index in [-0.39, 0.29) is 5.02 Å². The molecule has 2 aromatic rings. The van der Waals surface area contributed by atoms with Gasteiger partial charge in [-0.15, -0.1) is 0 Å². The molecule has 2 aromatic heterocycles. The number of H-pyrrole nitrogens is 1. The highest BCUT2D eigenvalue weighted by Crippen LogP contribution is 2.14. The number of aryl methyl sites for hydroxylation is 1. The molecular weight excluding hydrogens is 230 g/mol. The fraction of sp³-hybridized carbons (Fsp3) is 0.222. The molecule has 7 heteroatoms. The van der Waals surface area contributed by atoms with E-state index in [0.29, 0.717) is 12.2 Å². The van der Waals surface area contributed by atoms with E-state index in [4.69, 9.17) is 11.6 Å². The number of nitrogens with zero attached hydrogens (tertiary/aromatic N) is 3. The Morgan fingerprint density at radius 2 is 2.44 bits per heavy atom. The summed E-state index contributed by atoms with van der Waals surface area (Å²) >= 11 is 5.79. The minimum atomic E-state index is -0.410. The first-order chi connectivity index (χ1) is 7.66. The smallest absolute Gasteiger partial charge is 0.285 e. The molecule has 2 N–H and O–H groups in total. The third-order valence-electron chi connectivity index (χ3n) is 2.02. The van der Waals surface area contributed by atoms with Crippen molar-refractivity contribution in [1.29, 1.82) is 0 Å². The maximum atomic E-state index is 11.1. The number of hydrogen-bond acceptors (Lipinski definition) is 4. The first kappa shape index (κ1) is 10.7.